The van der Waals surface area contributed by atoms with Crippen molar-refractivity contribution in [3.05, 3.63) is 63.5 Å². The minimum Gasteiger partial charge on any atom is -0.337 e. The number of Topliss-reactive ketones (excluding diaryl/α,β-unsaturated/α-hetero) is 1. The first-order valence-electron chi connectivity index (χ1n) is 7.41. The maximum atomic E-state index is 12.4. The van der Waals surface area contributed by atoms with Gasteiger partial charge in [0.1, 0.15) is 5.65 Å². The Kier molecular flexibility index (Phi) is 4.02. The summed E-state index contributed by atoms with van der Waals surface area (Å²) in [5, 5.41) is 14.2. The van der Waals surface area contributed by atoms with E-state index in [1.165, 1.54) is 31.3 Å². The largest absolute Gasteiger partial charge is 0.337 e. The van der Waals surface area contributed by atoms with Crippen LogP contribution in [0.1, 0.15) is 33.3 Å². The Morgan fingerprint density at radius 2 is 2.00 bits per heavy atom. The molecule has 0 radical (unpaired) electrons. The molecule has 8 nitrogen and oxygen atoms in total. The molecular weight excluding hydrogens is 324 g/mol. The number of nitro benzene ring substituents is 1. The van der Waals surface area contributed by atoms with Crippen molar-refractivity contribution in [2.45, 2.75) is 13.8 Å². The molecule has 0 bridgehead atoms. The zero-order valence-corrected chi connectivity index (χ0v) is 13.5. The van der Waals surface area contributed by atoms with Crippen LogP contribution in [-0.4, -0.2) is 26.6 Å². The highest BCUT2D eigenvalue weighted by atomic mass is 16.6. The van der Waals surface area contributed by atoms with Gasteiger partial charge < -0.3 is 10.3 Å². The summed E-state index contributed by atoms with van der Waals surface area (Å²) in [5.74, 6) is -0.583. The number of hydrogen-bond acceptors (Lipinski definition) is 5. The molecule has 8 heteroatoms. The quantitative estimate of drug-likeness (QED) is 0.430. The molecule has 2 heterocycles. The summed E-state index contributed by atoms with van der Waals surface area (Å²) in [6, 6.07) is 7.44. The molecule has 25 heavy (non-hydrogen) atoms. The standard InChI is InChI=1S/C17H14N4O4/c1-9-3-4-13(21(24)25)7-14(9)17(23)19-12-5-11-6-15(10(2)22)20-16(11)18-8-12/h3-8H,1-2H3,(H,18,20)(H,19,23). The molecule has 0 aliphatic heterocycles. The lowest BCUT2D eigenvalue weighted by molar-refractivity contribution is -0.384. The Labute approximate surface area is 142 Å². The van der Waals surface area contributed by atoms with Gasteiger partial charge in [0.25, 0.3) is 11.6 Å². The minimum absolute atomic E-state index is 0.115. The second kappa shape index (κ2) is 6.16. The van der Waals surface area contributed by atoms with E-state index in [2.05, 4.69) is 15.3 Å². The molecule has 0 unspecified atom stereocenters. The minimum atomic E-state index is -0.549. The number of aromatic nitrogens is 2. The van der Waals surface area contributed by atoms with Crippen LogP contribution in [0.3, 0.4) is 0 Å². The van der Waals surface area contributed by atoms with Gasteiger partial charge in [0.15, 0.2) is 5.78 Å². The molecule has 2 aromatic heterocycles. The topological polar surface area (TPSA) is 118 Å². The molecular formula is C17H14N4O4. The highest BCUT2D eigenvalue weighted by Gasteiger charge is 2.15. The maximum Gasteiger partial charge on any atom is 0.270 e. The van der Waals surface area contributed by atoms with Crippen molar-refractivity contribution in [3.8, 4) is 0 Å². The summed E-state index contributed by atoms with van der Waals surface area (Å²) in [6.07, 6.45) is 1.45. The van der Waals surface area contributed by atoms with Crippen LogP contribution < -0.4 is 5.32 Å². The average Bonchev–Trinajstić information content (AvgIpc) is 2.98. The summed E-state index contributed by atoms with van der Waals surface area (Å²) >= 11 is 0. The lowest BCUT2D eigenvalue weighted by Crippen LogP contribution is -2.13. The Morgan fingerprint density at radius 1 is 1.24 bits per heavy atom. The zero-order chi connectivity index (χ0) is 18.1. The summed E-state index contributed by atoms with van der Waals surface area (Å²) in [7, 11) is 0. The molecule has 0 spiro atoms. The average molecular weight is 338 g/mol. The molecule has 126 valence electrons. The first kappa shape index (κ1) is 16.3. The number of anilines is 1. The van der Waals surface area contributed by atoms with Gasteiger partial charge in [0.05, 0.1) is 22.5 Å². The zero-order valence-electron chi connectivity index (χ0n) is 13.5. The van der Waals surface area contributed by atoms with Crippen LogP contribution in [0.2, 0.25) is 0 Å². The fourth-order valence-corrected chi connectivity index (χ4v) is 2.44. The second-order valence-corrected chi connectivity index (χ2v) is 5.61. The third kappa shape index (κ3) is 3.23. The maximum absolute atomic E-state index is 12.4. The number of benzene rings is 1. The Morgan fingerprint density at radius 3 is 2.68 bits per heavy atom. The van der Waals surface area contributed by atoms with E-state index in [9.17, 15) is 19.7 Å². The number of rotatable bonds is 4. The highest BCUT2D eigenvalue weighted by molar-refractivity contribution is 6.06. The number of amides is 1. The fourth-order valence-electron chi connectivity index (χ4n) is 2.44. The number of nitrogens with zero attached hydrogens (tertiary/aromatic N) is 2. The predicted octanol–water partition coefficient (Wildman–Crippen LogP) is 3.23. The van der Waals surface area contributed by atoms with E-state index in [1.807, 2.05) is 0 Å². The summed E-state index contributed by atoms with van der Waals surface area (Å²) in [4.78, 5) is 41.2. The number of nitro groups is 1. The number of ketones is 1. The van der Waals surface area contributed by atoms with Gasteiger partial charge in [-0.15, -0.1) is 0 Å². The smallest absolute Gasteiger partial charge is 0.270 e. The van der Waals surface area contributed by atoms with E-state index in [-0.39, 0.29) is 17.0 Å². The van der Waals surface area contributed by atoms with Crippen LogP contribution >= 0.6 is 0 Å². The third-order valence-corrected chi connectivity index (χ3v) is 3.78. The fraction of sp³-hybridized carbons (Fsp3) is 0.118. The van der Waals surface area contributed by atoms with Crippen molar-refractivity contribution >= 4 is 34.1 Å². The number of pyridine rings is 1. The van der Waals surface area contributed by atoms with Gasteiger partial charge in [0.2, 0.25) is 0 Å². The molecule has 3 rings (SSSR count). The normalized spacial score (nSPS) is 10.6. The van der Waals surface area contributed by atoms with Crippen molar-refractivity contribution in [1.29, 1.82) is 0 Å². The van der Waals surface area contributed by atoms with Crippen molar-refractivity contribution in [3.63, 3.8) is 0 Å². The number of non-ortho nitro benzene ring substituents is 1. The number of nitrogens with one attached hydrogen (secondary N) is 2. The molecule has 0 atom stereocenters. The molecule has 3 aromatic rings. The number of carbonyl (C=O) groups is 2. The second-order valence-electron chi connectivity index (χ2n) is 5.61. The van der Waals surface area contributed by atoms with Crippen molar-refractivity contribution in [2.75, 3.05) is 5.32 Å². The van der Waals surface area contributed by atoms with Crippen LogP contribution in [0.4, 0.5) is 11.4 Å². The van der Waals surface area contributed by atoms with E-state index in [0.717, 1.165) is 0 Å². The van der Waals surface area contributed by atoms with Gasteiger partial charge in [-0.25, -0.2) is 4.98 Å². The van der Waals surface area contributed by atoms with Gasteiger partial charge >= 0.3 is 0 Å². The summed E-state index contributed by atoms with van der Waals surface area (Å²) < 4.78 is 0. The summed E-state index contributed by atoms with van der Waals surface area (Å²) in [5.41, 5.74) is 2.08. The first-order valence-corrected chi connectivity index (χ1v) is 7.41. The van der Waals surface area contributed by atoms with Crippen molar-refractivity contribution < 1.29 is 14.5 Å². The number of aromatic amines is 1. The molecule has 2 N–H and O–H groups in total. The number of H-pyrrole nitrogens is 1. The number of carbonyl (C=O) groups excluding carboxylic acids is 2. The molecule has 0 fully saturated rings. The lowest BCUT2D eigenvalue weighted by atomic mass is 10.1. The van der Waals surface area contributed by atoms with E-state index < -0.39 is 10.8 Å². The van der Waals surface area contributed by atoms with Crippen molar-refractivity contribution in [1.82, 2.24) is 9.97 Å². The molecule has 0 aliphatic carbocycles. The Bertz CT molecular complexity index is 1020. The van der Waals surface area contributed by atoms with Gasteiger partial charge in [-0.05, 0) is 24.6 Å². The predicted molar refractivity (Wildman–Crippen MR) is 91.9 cm³/mol. The molecule has 1 amide bonds. The summed E-state index contributed by atoms with van der Waals surface area (Å²) in [6.45, 7) is 3.14. The van der Waals surface area contributed by atoms with E-state index in [0.29, 0.717) is 28.0 Å². The highest BCUT2D eigenvalue weighted by Crippen LogP contribution is 2.21. The number of hydrogen-bond donors (Lipinski definition) is 2. The number of aryl methyl sites for hydroxylation is 1. The van der Waals surface area contributed by atoms with E-state index in [1.54, 1.807) is 19.1 Å². The van der Waals surface area contributed by atoms with Crippen LogP contribution in [0.15, 0.2) is 36.5 Å². The Balaban J connectivity index is 1.90. The van der Waals surface area contributed by atoms with Crippen LogP contribution in [-0.2, 0) is 0 Å². The van der Waals surface area contributed by atoms with Crippen molar-refractivity contribution in [2.24, 2.45) is 0 Å². The van der Waals surface area contributed by atoms with Gasteiger partial charge in [0, 0.05) is 30.0 Å². The van der Waals surface area contributed by atoms with Crippen LogP contribution in [0, 0.1) is 17.0 Å². The van der Waals surface area contributed by atoms with E-state index >= 15 is 0 Å². The molecule has 0 saturated heterocycles. The molecule has 0 aliphatic rings. The monoisotopic (exact) mass is 338 g/mol. The van der Waals surface area contributed by atoms with Gasteiger partial charge in [-0.2, -0.15) is 0 Å². The molecule has 0 saturated carbocycles. The van der Waals surface area contributed by atoms with Gasteiger partial charge in [-0.1, -0.05) is 6.07 Å². The number of fused-ring (bicyclic) bond motifs is 1. The molecule has 1 aromatic carbocycles. The lowest BCUT2D eigenvalue weighted by Gasteiger charge is -2.07. The van der Waals surface area contributed by atoms with Gasteiger partial charge in [-0.3, -0.25) is 19.7 Å². The SMILES string of the molecule is CC(=O)c1cc2cc(NC(=O)c3cc([N+](=O)[O-])ccc3C)cnc2[nH]1. The third-order valence-electron chi connectivity index (χ3n) is 3.78. The van der Waals surface area contributed by atoms with Crippen LogP contribution in [0.25, 0.3) is 11.0 Å². The van der Waals surface area contributed by atoms with E-state index in [4.69, 9.17) is 0 Å². The first-order chi connectivity index (χ1) is 11.8. The van der Waals surface area contributed by atoms with Crippen LogP contribution in [0.5, 0.6) is 0 Å². The Hall–Kier alpha value is -3.55.